The molecule has 1 N–H and O–H groups in total. The summed E-state index contributed by atoms with van der Waals surface area (Å²) in [7, 11) is -9.68. The van der Waals surface area contributed by atoms with Crippen molar-refractivity contribution in [3.8, 4) is 0 Å². The Bertz CT molecular complexity index is 2250. The minimum atomic E-state index is -4.90. The van der Waals surface area contributed by atoms with Crippen LogP contribution in [-0.4, -0.2) is 25.9 Å². The van der Waals surface area contributed by atoms with Gasteiger partial charge in [-0.05, 0) is 115 Å². The number of rotatable bonds is 8. The fraction of sp³-hybridized carbons (Fsp3) is 0.125. The van der Waals surface area contributed by atoms with Crippen molar-refractivity contribution >= 4 is 65.1 Å². The van der Waals surface area contributed by atoms with Gasteiger partial charge in [0.25, 0.3) is 0 Å². The molecule has 0 bridgehead atoms. The van der Waals surface area contributed by atoms with E-state index in [1.807, 2.05) is 36.4 Å². The molecule has 15 heteroatoms. The summed E-state index contributed by atoms with van der Waals surface area (Å²) >= 11 is 0. The standard InChI is InChI=1S/C32H29N5O6S2.2Na/c1-19-12-22(4)32(31(13-19)45(41,42)43)37-35-28-15-20(2)27(14-21(28)3)34-36-29-17-23-10-11-26(33-25-8-6-5-7-9-25)16-24(23)18-30(29)44(38,39)40;;/h5-18,33H,1-4H3,(H,38,39,40)(H,41,42,43);;/q;2*+1/p-2. The van der Waals surface area contributed by atoms with Gasteiger partial charge in [-0.2, -0.15) is 10.2 Å². The summed E-state index contributed by atoms with van der Waals surface area (Å²) in [4.78, 5) is -0.959. The van der Waals surface area contributed by atoms with Crippen LogP contribution in [0.1, 0.15) is 22.3 Å². The van der Waals surface area contributed by atoms with Crippen LogP contribution in [0.3, 0.4) is 0 Å². The predicted octanol–water partition coefficient (Wildman–Crippen LogP) is 2.46. The molecule has 0 aromatic heterocycles. The van der Waals surface area contributed by atoms with Crippen molar-refractivity contribution in [2.24, 2.45) is 20.5 Å². The third kappa shape index (κ3) is 9.42. The third-order valence-electron chi connectivity index (χ3n) is 6.97. The molecule has 0 radical (unpaired) electrons. The Morgan fingerprint density at radius 2 is 1.11 bits per heavy atom. The normalized spacial score (nSPS) is 11.9. The molecule has 0 aliphatic heterocycles. The summed E-state index contributed by atoms with van der Waals surface area (Å²) in [6.45, 7) is 6.77. The van der Waals surface area contributed by atoms with Crippen LogP contribution in [0, 0.1) is 27.7 Å². The fourth-order valence-corrected chi connectivity index (χ4v) is 6.16. The third-order valence-corrected chi connectivity index (χ3v) is 8.68. The molecule has 0 amide bonds. The van der Waals surface area contributed by atoms with E-state index >= 15 is 0 Å². The second kappa shape index (κ2) is 15.6. The van der Waals surface area contributed by atoms with E-state index in [0.717, 1.165) is 5.69 Å². The van der Waals surface area contributed by atoms with E-state index in [-0.39, 0.29) is 70.5 Å². The van der Waals surface area contributed by atoms with Crippen LogP contribution in [0.25, 0.3) is 10.8 Å². The van der Waals surface area contributed by atoms with Crippen LogP contribution in [0.5, 0.6) is 0 Å². The molecule has 0 saturated heterocycles. The summed E-state index contributed by atoms with van der Waals surface area (Å²) < 4.78 is 72.1. The first kappa shape index (κ1) is 38.6. The minimum absolute atomic E-state index is 0. The molecule has 11 nitrogen and oxygen atoms in total. The maximum Gasteiger partial charge on any atom is 1.00 e. The van der Waals surface area contributed by atoms with Crippen LogP contribution in [0.2, 0.25) is 0 Å². The molecule has 0 unspecified atom stereocenters. The molecule has 0 aliphatic rings. The fourth-order valence-electron chi connectivity index (χ4n) is 4.76. The Morgan fingerprint density at radius 3 is 1.70 bits per heavy atom. The van der Waals surface area contributed by atoms with Gasteiger partial charge >= 0.3 is 59.1 Å². The zero-order valence-corrected chi connectivity index (χ0v) is 32.3. The number of aryl methyl sites for hydroxylation is 4. The molecule has 0 saturated carbocycles. The van der Waals surface area contributed by atoms with E-state index in [1.54, 1.807) is 58.0 Å². The molecular weight excluding hydrogens is 660 g/mol. The molecule has 0 heterocycles. The van der Waals surface area contributed by atoms with Gasteiger partial charge in [-0.25, -0.2) is 16.8 Å². The molecule has 0 aliphatic carbocycles. The van der Waals surface area contributed by atoms with E-state index < -0.39 is 30.0 Å². The number of benzene rings is 5. The number of nitrogens with one attached hydrogen (secondary N) is 1. The summed E-state index contributed by atoms with van der Waals surface area (Å²) in [5, 5.41) is 21.1. The number of para-hydroxylation sites is 1. The van der Waals surface area contributed by atoms with Crippen LogP contribution < -0.4 is 64.4 Å². The van der Waals surface area contributed by atoms with Crippen molar-refractivity contribution in [3.63, 3.8) is 0 Å². The Hall–Kier alpha value is -2.82. The van der Waals surface area contributed by atoms with Crippen molar-refractivity contribution in [1.82, 2.24) is 0 Å². The maximum atomic E-state index is 12.2. The Labute approximate surface area is 317 Å². The number of anilines is 2. The van der Waals surface area contributed by atoms with Gasteiger partial charge in [0.05, 0.1) is 21.2 Å². The first-order chi connectivity index (χ1) is 21.2. The van der Waals surface area contributed by atoms with Gasteiger partial charge < -0.3 is 14.4 Å². The monoisotopic (exact) mass is 687 g/mol. The Morgan fingerprint density at radius 1 is 0.532 bits per heavy atom. The summed E-state index contributed by atoms with van der Waals surface area (Å²) in [6, 6.07) is 23.8. The van der Waals surface area contributed by atoms with E-state index in [2.05, 4.69) is 25.8 Å². The first-order valence-corrected chi connectivity index (χ1v) is 16.4. The van der Waals surface area contributed by atoms with Gasteiger partial charge in [-0.1, -0.05) is 30.3 Å². The van der Waals surface area contributed by atoms with E-state index in [9.17, 15) is 25.9 Å². The second-order valence-electron chi connectivity index (χ2n) is 10.5. The molecule has 5 aromatic carbocycles. The van der Waals surface area contributed by atoms with Crippen molar-refractivity contribution in [2.45, 2.75) is 37.5 Å². The van der Waals surface area contributed by atoms with Gasteiger partial charge in [0, 0.05) is 11.4 Å². The molecule has 5 aromatic rings. The average molecular weight is 688 g/mol. The van der Waals surface area contributed by atoms with Gasteiger partial charge in [0.15, 0.2) is 0 Å². The number of nitrogens with zero attached hydrogens (tertiary/aromatic N) is 4. The molecular formula is C32H27N5Na2O6S2. The zero-order valence-electron chi connectivity index (χ0n) is 26.6. The van der Waals surface area contributed by atoms with E-state index in [1.165, 1.54) is 18.2 Å². The average Bonchev–Trinajstić information content (AvgIpc) is 2.96. The smallest absolute Gasteiger partial charge is 0.744 e. The molecule has 0 spiro atoms. The van der Waals surface area contributed by atoms with Crippen LogP contribution in [0.15, 0.2) is 115 Å². The van der Waals surface area contributed by atoms with Crippen molar-refractivity contribution in [3.05, 3.63) is 107 Å². The second-order valence-corrected chi connectivity index (χ2v) is 13.2. The Kier molecular flexibility index (Phi) is 12.8. The summed E-state index contributed by atoms with van der Waals surface area (Å²) in [5.41, 5.74) is 4.48. The predicted molar refractivity (Wildman–Crippen MR) is 170 cm³/mol. The number of hydrogen-bond acceptors (Lipinski definition) is 11. The zero-order chi connectivity index (χ0) is 32.5. The van der Waals surface area contributed by atoms with Gasteiger partial charge in [0.2, 0.25) is 0 Å². The quantitative estimate of drug-likeness (QED) is 0.148. The van der Waals surface area contributed by atoms with Crippen molar-refractivity contribution in [2.75, 3.05) is 5.32 Å². The molecule has 0 fully saturated rings. The largest absolute Gasteiger partial charge is 1.00 e. The van der Waals surface area contributed by atoms with Crippen LogP contribution in [-0.2, 0) is 20.2 Å². The maximum absolute atomic E-state index is 12.2. The molecule has 0 atom stereocenters. The van der Waals surface area contributed by atoms with Gasteiger partial charge in [-0.3, -0.25) is 0 Å². The van der Waals surface area contributed by atoms with E-state index in [0.29, 0.717) is 50.1 Å². The van der Waals surface area contributed by atoms with Gasteiger partial charge in [0.1, 0.15) is 31.6 Å². The van der Waals surface area contributed by atoms with Crippen molar-refractivity contribution in [1.29, 1.82) is 0 Å². The van der Waals surface area contributed by atoms with Crippen molar-refractivity contribution < 1.29 is 85.1 Å². The van der Waals surface area contributed by atoms with Gasteiger partial charge in [-0.15, -0.1) is 10.2 Å². The molecule has 230 valence electrons. The van der Waals surface area contributed by atoms with E-state index in [4.69, 9.17) is 0 Å². The molecule has 47 heavy (non-hydrogen) atoms. The SMILES string of the molecule is Cc1cc(C)c(N=Nc2cc(C)c(N=Nc3cc4ccc(Nc5ccccc5)cc4cc3S(=O)(=O)[O-])cc2C)c(S(=O)(=O)[O-])c1.[Na+].[Na+]. The number of hydrogen-bond donors (Lipinski definition) is 1. The minimum Gasteiger partial charge on any atom is -0.744 e. The summed E-state index contributed by atoms with van der Waals surface area (Å²) in [6.07, 6.45) is 0. The molecule has 5 rings (SSSR count). The first-order valence-electron chi connectivity index (χ1n) is 13.6. The van der Waals surface area contributed by atoms with Crippen LogP contribution in [0.4, 0.5) is 34.1 Å². The number of fused-ring (bicyclic) bond motifs is 1. The Balaban J connectivity index is 0.00000300. The number of azo groups is 2. The topological polar surface area (TPSA) is 176 Å². The van der Waals surface area contributed by atoms with Crippen LogP contribution >= 0.6 is 0 Å². The summed E-state index contributed by atoms with van der Waals surface area (Å²) in [5.74, 6) is 0.